The first-order chi connectivity index (χ1) is 13.7. The first-order valence-electron chi connectivity index (χ1n) is 9.38. The number of rotatable bonds is 4. The van der Waals surface area contributed by atoms with E-state index in [1.807, 2.05) is 54.2 Å². The molecule has 1 fully saturated rings. The number of para-hydroxylation sites is 1. The van der Waals surface area contributed by atoms with Gasteiger partial charge in [0, 0.05) is 50.3 Å². The maximum Gasteiger partial charge on any atom is 0.225 e. The van der Waals surface area contributed by atoms with E-state index in [0.717, 1.165) is 49.1 Å². The number of anilines is 1. The van der Waals surface area contributed by atoms with Crippen LogP contribution in [0.15, 0.2) is 60.0 Å². The largest absolute Gasteiger partial charge is 0.370 e. The molecule has 2 aromatic heterocycles. The van der Waals surface area contributed by atoms with Crippen molar-refractivity contribution in [3.63, 3.8) is 0 Å². The zero-order valence-corrected chi connectivity index (χ0v) is 15.9. The fourth-order valence-corrected chi connectivity index (χ4v) is 3.22. The van der Waals surface area contributed by atoms with E-state index >= 15 is 0 Å². The third-order valence-electron chi connectivity index (χ3n) is 4.87. The van der Waals surface area contributed by atoms with Crippen molar-refractivity contribution in [1.29, 1.82) is 0 Å². The summed E-state index contributed by atoms with van der Waals surface area (Å²) < 4.78 is 1.88. The summed E-state index contributed by atoms with van der Waals surface area (Å²) in [5.74, 6) is 1.34. The van der Waals surface area contributed by atoms with Gasteiger partial charge in [-0.2, -0.15) is 5.10 Å². The summed E-state index contributed by atoms with van der Waals surface area (Å²) in [5.41, 5.74) is 9.32. The second-order valence-electron chi connectivity index (χ2n) is 6.72. The van der Waals surface area contributed by atoms with Crippen LogP contribution in [0.2, 0.25) is 0 Å². The number of piperazine rings is 1. The van der Waals surface area contributed by atoms with Gasteiger partial charge < -0.3 is 15.5 Å². The van der Waals surface area contributed by atoms with E-state index in [-0.39, 0.29) is 0 Å². The molecule has 144 valence electrons. The molecule has 0 bridgehead atoms. The highest BCUT2D eigenvalue weighted by Gasteiger charge is 2.20. The highest BCUT2D eigenvalue weighted by Crippen LogP contribution is 2.13. The van der Waals surface area contributed by atoms with E-state index in [2.05, 4.69) is 29.9 Å². The van der Waals surface area contributed by atoms with Crippen molar-refractivity contribution in [1.82, 2.24) is 24.6 Å². The van der Waals surface area contributed by atoms with Crippen molar-refractivity contribution in [3.8, 4) is 5.69 Å². The average molecular weight is 376 g/mol. The maximum atomic E-state index is 6.25. The molecule has 0 atom stereocenters. The third-order valence-corrected chi connectivity index (χ3v) is 4.87. The fraction of sp³-hybridized carbons (Fsp3) is 0.300. The van der Waals surface area contributed by atoms with Crippen LogP contribution >= 0.6 is 0 Å². The van der Waals surface area contributed by atoms with Crippen molar-refractivity contribution >= 4 is 11.9 Å². The van der Waals surface area contributed by atoms with Crippen LogP contribution in [0.1, 0.15) is 11.3 Å². The predicted octanol–water partition coefficient (Wildman–Crippen LogP) is 1.61. The number of nitrogens with two attached hydrogens (primary N) is 1. The van der Waals surface area contributed by atoms with E-state index < -0.39 is 0 Å². The molecule has 8 nitrogen and oxygen atoms in total. The van der Waals surface area contributed by atoms with E-state index in [0.29, 0.717) is 12.5 Å². The number of aromatic nitrogens is 4. The molecule has 1 aliphatic heterocycles. The molecule has 2 N–H and O–H groups in total. The molecule has 3 aromatic rings. The van der Waals surface area contributed by atoms with E-state index in [1.165, 1.54) is 0 Å². The molecule has 0 saturated carbocycles. The smallest absolute Gasteiger partial charge is 0.225 e. The normalized spacial score (nSPS) is 15.1. The first-order valence-corrected chi connectivity index (χ1v) is 9.38. The molecule has 1 saturated heterocycles. The molecule has 8 heteroatoms. The predicted molar refractivity (Wildman–Crippen MR) is 109 cm³/mol. The van der Waals surface area contributed by atoms with E-state index in [4.69, 9.17) is 5.73 Å². The standard InChI is InChI=1S/C20H24N8/c1-16-17(15-28(25-16)18-6-3-2-4-7-18)14-24-19(21)26-10-12-27(13-11-26)20-22-8-5-9-23-20/h2-9,15H,10-14H2,1H3,(H2,21,24). The Morgan fingerprint density at radius 1 is 1.04 bits per heavy atom. The van der Waals surface area contributed by atoms with Gasteiger partial charge in [0.25, 0.3) is 0 Å². The summed E-state index contributed by atoms with van der Waals surface area (Å²) in [6.45, 7) is 5.77. The number of hydrogen-bond acceptors (Lipinski definition) is 5. The van der Waals surface area contributed by atoms with Gasteiger partial charge in [-0.15, -0.1) is 0 Å². The number of benzene rings is 1. The molecule has 0 amide bonds. The van der Waals surface area contributed by atoms with Crippen LogP contribution < -0.4 is 10.6 Å². The van der Waals surface area contributed by atoms with Crippen LogP contribution in [-0.2, 0) is 6.54 Å². The van der Waals surface area contributed by atoms with Crippen LogP contribution in [0.4, 0.5) is 5.95 Å². The van der Waals surface area contributed by atoms with Gasteiger partial charge in [-0.1, -0.05) is 18.2 Å². The first kappa shape index (κ1) is 18.0. The van der Waals surface area contributed by atoms with Gasteiger partial charge in [-0.05, 0) is 25.1 Å². The fourth-order valence-electron chi connectivity index (χ4n) is 3.22. The average Bonchev–Trinajstić information content (AvgIpc) is 3.14. The zero-order chi connectivity index (χ0) is 19.3. The van der Waals surface area contributed by atoms with E-state index in [9.17, 15) is 0 Å². The van der Waals surface area contributed by atoms with Crippen molar-refractivity contribution in [2.75, 3.05) is 31.1 Å². The van der Waals surface area contributed by atoms with Crippen LogP contribution in [0, 0.1) is 6.92 Å². The van der Waals surface area contributed by atoms with Gasteiger partial charge in [-0.3, -0.25) is 0 Å². The number of aliphatic imine (C=N–C) groups is 1. The number of guanidine groups is 1. The molecule has 4 rings (SSSR count). The molecule has 0 spiro atoms. The molecular formula is C20H24N8. The topological polar surface area (TPSA) is 88.5 Å². The van der Waals surface area contributed by atoms with Crippen LogP contribution in [-0.4, -0.2) is 56.8 Å². The molecule has 0 radical (unpaired) electrons. The number of hydrogen-bond donors (Lipinski definition) is 1. The quantitative estimate of drug-likeness (QED) is 0.550. The minimum absolute atomic E-state index is 0.520. The zero-order valence-electron chi connectivity index (χ0n) is 15.9. The van der Waals surface area contributed by atoms with Gasteiger partial charge >= 0.3 is 0 Å². The molecule has 0 aliphatic carbocycles. The van der Waals surface area contributed by atoms with Gasteiger partial charge in [0.15, 0.2) is 5.96 Å². The monoisotopic (exact) mass is 376 g/mol. The third kappa shape index (κ3) is 3.95. The molecular weight excluding hydrogens is 352 g/mol. The summed E-state index contributed by atoms with van der Waals surface area (Å²) in [7, 11) is 0. The van der Waals surface area contributed by atoms with Gasteiger partial charge in [0.1, 0.15) is 0 Å². The Kier molecular flexibility index (Phi) is 5.18. The molecule has 0 unspecified atom stereocenters. The highest BCUT2D eigenvalue weighted by molar-refractivity contribution is 5.78. The lowest BCUT2D eigenvalue weighted by molar-refractivity contribution is 0.378. The SMILES string of the molecule is Cc1nn(-c2ccccc2)cc1CN=C(N)N1CCN(c2ncccn2)CC1. The Morgan fingerprint density at radius 2 is 1.75 bits per heavy atom. The summed E-state index contributed by atoms with van der Waals surface area (Å²) in [5, 5.41) is 4.59. The van der Waals surface area contributed by atoms with Gasteiger partial charge in [0.05, 0.1) is 17.9 Å². The van der Waals surface area contributed by atoms with Crippen LogP contribution in [0.25, 0.3) is 5.69 Å². The lowest BCUT2D eigenvalue weighted by Gasteiger charge is -2.35. The Balaban J connectivity index is 1.37. The molecule has 1 aliphatic rings. The van der Waals surface area contributed by atoms with Crippen LogP contribution in [0.5, 0.6) is 0 Å². The second kappa shape index (κ2) is 8.08. The molecule has 1 aromatic carbocycles. The lowest BCUT2D eigenvalue weighted by Crippen LogP contribution is -2.51. The Bertz CT molecular complexity index is 927. The summed E-state index contributed by atoms with van der Waals surface area (Å²) >= 11 is 0. The van der Waals surface area contributed by atoms with Crippen molar-refractivity contribution in [3.05, 3.63) is 66.2 Å². The van der Waals surface area contributed by atoms with Gasteiger partial charge in [-0.25, -0.2) is 19.6 Å². The van der Waals surface area contributed by atoms with Crippen molar-refractivity contribution in [2.45, 2.75) is 13.5 Å². The van der Waals surface area contributed by atoms with E-state index in [1.54, 1.807) is 12.4 Å². The van der Waals surface area contributed by atoms with Crippen molar-refractivity contribution in [2.24, 2.45) is 10.7 Å². The number of aryl methyl sites for hydroxylation is 1. The van der Waals surface area contributed by atoms with Crippen LogP contribution in [0.3, 0.4) is 0 Å². The Morgan fingerprint density at radius 3 is 2.46 bits per heavy atom. The Labute approximate surface area is 164 Å². The lowest BCUT2D eigenvalue weighted by atomic mass is 10.2. The minimum atomic E-state index is 0.520. The number of nitrogens with zero attached hydrogens (tertiary/aromatic N) is 7. The Hall–Kier alpha value is -3.42. The van der Waals surface area contributed by atoms with Gasteiger partial charge in [0.2, 0.25) is 5.95 Å². The second-order valence-corrected chi connectivity index (χ2v) is 6.72. The molecule has 3 heterocycles. The maximum absolute atomic E-state index is 6.25. The van der Waals surface area contributed by atoms with Crippen molar-refractivity contribution < 1.29 is 0 Å². The molecule has 28 heavy (non-hydrogen) atoms. The highest BCUT2D eigenvalue weighted by atomic mass is 15.4. The minimum Gasteiger partial charge on any atom is -0.370 e. The summed E-state index contributed by atoms with van der Waals surface area (Å²) in [6, 6.07) is 11.9. The summed E-state index contributed by atoms with van der Waals surface area (Å²) in [4.78, 5) is 17.5. The summed E-state index contributed by atoms with van der Waals surface area (Å²) in [6.07, 6.45) is 5.55.